The fourth-order valence-electron chi connectivity index (χ4n) is 7.19. The maximum atomic E-state index is 14.2. The average molecular weight is 712 g/mol. The summed E-state index contributed by atoms with van der Waals surface area (Å²) in [5, 5.41) is 0. The number of imidazole rings is 2. The molecule has 18 nitrogen and oxygen atoms in total. The standard InChI is InChI=1S/C24H27N9O9P2S2/c25-12-1-2-27-20-14(12)30-9-32(20)22-17-18-23(41-22,5-36-17)6-39-43(34,45)4-11-16-13(3-38-44(35,46)42-18)40-24(11,7-37-16)33-10-31-15-19(26)28-8-29-21(15)33/h1-2,8-11,13,16-18,22H,3-7H2,(H2,25,27)(H,34,45)(H,35,46)(H2,26,28,29)/t11-,13-,16+,17-,18+,22-,23-,24-,43?,44?/m1/s1. The van der Waals surface area contributed by atoms with Gasteiger partial charge in [-0.1, -0.05) is 12.2 Å². The topological polar surface area (TPSA) is 228 Å². The molecule has 244 valence electrons. The number of thiol groups is 1. The first kappa shape index (κ1) is 29.8. The molecule has 0 radical (unpaired) electrons. The number of nitrogens with zero attached hydrogens (tertiary/aromatic N) is 7. The van der Waals surface area contributed by atoms with Crippen molar-refractivity contribution in [2.45, 2.75) is 42.0 Å². The molecule has 0 aromatic carbocycles. The fourth-order valence-corrected chi connectivity index (χ4v) is 10.9. The molecule has 22 heteroatoms. The lowest BCUT2D eigenvalue weighted by atomic mass is 9.96. The Hall–Kier alpha value is -2.32. The zero-order valence-corrected chi connectivity index (χ0v) is 27.1. The van der Waals surface area contributed by atoms with Gasteiger partial charge in [0.1, 0.15) is 41.3 Å². The molecular weight excluding hydrogens is 684 g/mol. The highest BCUT2D eigenvalue weighted by atomic mass is 32.7. The minimum absolute atomic E-state index is 0.00284. The lowest BCUT2D eigenvalue weighted by molar-refractivity contribution is -0.189. The Labute approximate surface area is 269 Å². The van der Waals surface area contributed by atoms with Crippen molar-refractivity contribution < 1.29 is 42.0 Å². The maximum Gasteiger partial charge on any atom is 0.325 e. The van der Waals surface area contributed by atoms with E-state index in [0.717, 1.165) is 0 Å². The summed E-state index contributed by atoms with van der Waals surface area (Å²) in [7, 11) is 0. The first-order valence-electron chi connectivity index (χ1n) is 14.2. The summed E-state index contributed by atoms with van der Waals surface area (Å²) < 4.78 is 61.1. The van der Waals surface area contributed by atoms with Crippen LogP contribution in [0.1, 0.15) is 6.23 Å². The smallest absolute Gasteiger partial charge is 0.325 e. The van der Waals surface area contributed by atoms with Gasteiger partial charge in [-0.3, -0.25) is 18.2 Å². The molecule has 5 aliphatic heterocycles. The van der Waals surface area contributed by atoms with Gasteiger partial charge in [0.25, 0.3) is 6.57 Å². The first-order valence-corrected chi connectivity index (χ1v) is 19.8. The van der Waals surface area contributed by atoms with Crippen LogP contribution in [0.25, 0.3) is 22.3 Å². The second-order valence-corrected chi connectivity index (χ2v) is 18.4. The van der Waals surface area contributed by atoms with Crippen molar-refractivity contribution in [3.8, 4) is 0 Å². The van der Waals surface area contributed by atoms with Gasteiger partial charge in [0, 0.05) is 18.3 Å². The van der Waals surface area contributed by atoms with E-state index in [1.165, 1.54) is 19.0 Å². The molecule has 4 aromatic rings. The molecule has 2 unspecified atom stereocenters. The highest BCUT2D eigenvalue weighted by Crippen LogP contribution is 2.63. The van der Waals surface area contributed by atoms with Gasteiger partial charge >= 0.3 is 6.72 Å². The molecule has 9 rings (SSSR count). The Morgan fingerprint density at radius 3 is 2.70 bits per heavy atom. The summed E-state index contributed by atoms with van der Waals surface area (Å²) in [6, 6.07) is 1.64. The number of rotatable bonds is 2. The molecule has 0 spiro atoms. The molecule has 5 saturated heterocycles. The van der Waals surface area contributed by atoms with Crippen LogP contribution in [-0.4, -0.2) is 102 Å². The van der Waals surface area contributed by atoms with Crippen LogP contribution in [0.2, 0.25) is 0 Å². The van der Waals surface area contributed by atoms with Crippen molar-refractivity contribution >= 4 is 71.2 Å². The van der Waals surface area contributed by atoms with Crippen LogP contribution < -0.4 is 11.5 Å². The summed E-state index contributed by atoms with van der Waals surface area (Å²) in [6.07, 6.45) is 1.93. The van der Waals surface area contributed by atoms with E-state index in [2.05, 4.69) is 37.2 Å². The number of nitrogens with two attached hydrogens (primary N) is 2. The summed E-state index contributed by atoms with van der Waals surface area (Å²) in [6.45, 7) is -8.05. The van der Waals surface area contributed by atoms with Crippen LogP contribution in [0.4, 0.5) is 11.5 Å². The van der Waals surface area contributed by atoms with Gasteiger partial charge in [-0.15, -0.1) is 0 Å². The molecule has 10 atom stereocenters. The van der Waals surface area contributed by atoms with E-state index >= 15 is 0 Å². The lowest BCUT2D eigenvalue weighted by Gasteiger charge is -2.35. The van der Waals surface area contributed by atoms with Crippen molar-refractivity contribution in [2.75, 3.05) is 44.1 Å². The SMILES string of the molecule is Nc1ccnc2c1ncn2[C@@H]1O[C@@]23CO[C@@H]1[C@@H]2OP(O)(=S)OC[C@H]1O[C@]2(n4cnc5c(N)ncnc54)CO[C@H]1[C@H]2CP(=O)(S)OC3. The van der Waals surface area contributed by atoms with E-state index in [4.69, 9.17) is 55.8 Å². The summed E-state index contributed by atoms with van der Waals surface area (Å²) >= 11 is 10.0. The van der Waals surface area contributed by atoms with Crippen molar-refractivity contribution in [3.05, 3.63) is 31.2 Å². The molecular formula is C24H27N9O9P2S2. The normalized spacial score (nSPS) is 42.2. The fraction of sp³-hybridized carbons (Fsp3) is 0.542. The Morgan fingerprint density at radius 1 is 1.00 bits per heavy atom. The van der Waals surface area contributed by atoms with Gasteiger partial charge in [-0.2, -0.15) is 0 Å². The molecule has 5 fully saturated rings. The van der Waals surface area contributed by atoms with Crippen molar-refractivity contribution in [1.82, 2.24) is 34.1 Å². The van der Waals surface area contributed by atoms with Crippen LogP contribution in [0.15, 0.2) is 31.2 Å². The molecule has 0 amide bonds. The number of hydrogen-bond acceptors (Lipinski definition) is 16. The number of pyridine rings is 1. The highest BCUT2D eigenvalue weighted by Gasteiger charge is 2.67. The van der Waals surface area contributed by atoms with Crippen LogP contribution in [0, 0.1) is 5.92 Å². The number of fused-ring (bicyclic) bond motifs is 2. The Morgan fingerprint density at radius 2 is 1.83 bits per heavy atom. The second-order valence-electron chi connectivity index (χ2n) is 11.9. The number of hydrogen-bond donors (Lipinski definition) is 4. The molecule has 5 aliphatic rings. The van der Waals surface area contributed by atoms with Crippen LogP contribution in [0.3, 0.4) is 0 Å². The summed E-state index contributed by atoms with van der Waals surface area (Å²) in [4.78, 5) is 32.9. The Bertz CT molecular complexity index is 2000. The number of anilines is 2. The molecule has 46 heavy (non-hydrogen) atoms. The van der Waals surface area contributed by atoms with Crippen molar-refractivity contribution in [3.63, 3.8) is 0 Å². The predicted octanol–water partition coefficient (Wildman–Crippen LogP) is 0.940. The first-order chi connectivity index (χ1) is 22.0. The zero-order valence-electron chi connectivity index (χ0n) is 23.6. The van der Waals surface area contributed by atoms with Crippen LogP contribution in [0.5, 0.6) is 0 Å². The third-order valence-electron chi connectivity index (χ3n) is 9.28. The van der Waals surface area contributed by atoms with Gasteiger partial charge < -0.3 is 44.4 Å². The van der Waals surface area contributed by atoms with Gasteiger partial charge in [-0.25, -0.2) is 24.9 Å². The third-order valence-corrected chi connectivity index (χ3v) is 13.0. The van der Waals surface area contributed by atoms with E-state index in [1.54, 1.807) is 21.4 Å². The van der Waals surface area contributed by atoms with E-state index in [-0.39, 0.29) is 38.4 Å². The van der Waals surface area contributed by atoms with Crippen molar-refractivity contribution in [1.29, 1.82) is 0 Å². The second kappa shape index (κ2) is 10.1. The monoisotopic (exact) mass is 711 g/mol. The molecule has 5 N–H and O–H groups in total. The van der Waals surface area contributed by atoms with Gasteiger partial charge in [0.05, 0.1) is 50.9 Å². The van der Waals surface area contributed by atoms with Crippen molar-refractivity contribution in [2.24, 2.45) is 5.92 Å². The van der Waals surface area contributed by atoms with E-state index in [1.807, 2.05) is 0 Å². The minimum atomic E-state index is -3.96. The number of nitrogen functional groups attached to an aromatic ring is 2. The molecule has 9 heterocycles. The molecule has 6 bridgehead atoms. The van der Waals surface area contributed by atoms with E-state index in [0.29, 0.717) is 28.0 Å². The largest absolute Gasteiger partial charge is 0.397 e. The van der Waals surface area contributed by atoms with E-state index in [9.17, 15) is 9.46 Å². The molecule has 0 aliphatic carbocycles. The average Bonchev–Trinajstić information content (AvgIpc) is 3.86. The highest BCUT2D eigenvalue weighted by molar-refractivity contribution is 8.46. The van der Waals surface area contributed by atoms with Gasteiger partial charge in [0.2, 0.25) is 0 Å². The Balaban J connectivity index is 1.08. The van der Waals surface area contributed by atoms with E-state index < -0.39 is 61.2 Å². The molecule has 0 saturated carbocycles. The maximum absolute atomic E-state index is 14.2. The van der Waals surface area contributed by atoms with Crippen LogP contribution >= 0.6 is 25.5 Å². The van der Waals surface area contributed by atoms with Crippen LogP contribution in [-0.2, 0) is 54.6 Å². The van der Waals surface area contributed by atoms with Gasteiger partial charge in [-0.05, 0) is 17.9 Å². The third kappa shape index (κ3) is 4.30. The Kier molecular flexibility index (Phi) is 6.54. The summed E-state index contributed by atoms with van der Waals surface area (Å²) in [5.41, 5.74) is 11.7. The summed E-state index contributed by atoms with van der Waals surface area (Å²) in [5.74, 6) is -0.375. The predicted molar refractivity (Wildman–Crippen MR) is 165 cm³/mol. The quantitative estimate of drug-likeness (QED) is 0.168. The van der Waals surface area contributed by atoms with Gasteiger partial charge in [0.15, 0.2) is 29.1 Å². The zero-order chi connectivity index (χ0) is 31.6. The number of aromatic nitrogens is 7. The molecule has 4 aromatic heterocycles. The lowest BCUT2D eigenvalue weighted by Crippen LogP contribution is -2.46. The number of ether oxygens (including phenoxy) is 4. The minimum Gasteiger partial charge on any atom is -0.397 e.